The smallest absolute Gasteiger partial charge is 0.305 e. The molecule has 2 aromatic carbocycles. The Morgan fingerprint density at radius 2 is 1.95 bits per heavy atom. The average Bonchev–Trinajstić information content (AvgIpc) is 2.43. The van der Waals surface area contributed by atoms with E-state index in [9.17, 15) is 4.79 Å². The number of anilines is 1. The van der Waals surface area contributed by atoms with Gasteiger partial charge in [-0.25, -0.2) is 0 Å². The summed E-state index contributed by atoms with van der Waals surface area (Å²) < 4.78 is 0. The van der Waals surface area contributed by atoms with Gasteiger partial charge in [0.15, 0.2) is 0 Å². The van der Waals surface area contributed by atoms with Crippen LogP contribution in [0.4, 0.5) is 5.69 Å². The van der Waals surface area contributed by atoms with Crippen molar-refractivity contribution < 1.29 is 9.90 Å². The number of aliphatic carboxylic acids is 1. The fourth-order valence-corrected chi connectivity index (χ4v) is 2.42. The second-order valence-corrected chi connectivity index (χ2v) is 5.47. The Bertz CT molecular complexity index is 628. The summed E-state index contributed by atoms with van der Waals surface area (Å²) in [6, 6.07) is 15.7. The first-order chi connectivity index (χ1) is 10.0. The van der Waals surface area contributed by atoms with Crippen molar-refractivity contribution in [2.45, 2.75) is 19.9 Å². The van der Waals surface area contributed by atoms with Crippen LogP contribution in [0.5, 0.6) is 0 Å². The summed E-state index contributed by atoms with van der Waals surface area (Å²) in [7, 11) is 0. The first-order valence-electron chi connectivity index (χ1n) is 6.82. The number of carbonyl (C=O) groups is 1. The zero-order valence-electron chi connectivity index (χ0n) is 11.9. The number of halogens is 1. The number of rotatable bonds is 6. The highest BCUT2D eigenvalue weighted by atomic mass is 35.5. The number of hydrogen-bond donors (Lipinski definition) is 1. The van der Waals surface area contributed by atoms with Crippen molar-refractivity contribution in [1.82, 2.24) is 0 Å². The molecule has 110 valence electrons. The van der Waals surface area contributed by atoms with Crippen LogP contribution in [0.2, 0.25) is 5.02 Å². The largest absolute Gasteiger partial charge is 0.481 e. The molecule has 1 N–H and O–H groups in total. The summed E-state index contributed by atoms with van der Waals surface area (Å²) in [5.41, 5.74) is 3.24. The van der Waals surface area contributed by atoms with Crippen molar-refractivity contribution in [3.8, 4) is 0 Å². The second kappa shape index (κ2) is 7.14. The average molecular weight is 304 g/mol. The van der Waals surface area contributed by atoms with Gasteiger partial charge in [0.2, 0.25) is 0 Å². The molecule has 0 fully saturated rings. The second-order valence-electron chi connectivity index (χ2n) is 5.03. The Kier molecular flexibility index (Phi) is 5.23. The Labute approximate surface area is 129 Å². The molecule has 0 aromatic heterocycles. The maximum atomic E-state index is 10.9. The van der Waals surface area contributed by atoms with E-state index in [0.29, 0.717) is 18.1 Å². The van der Waals surface area contributed by atoms with Gasteiger partial charge in [-0.1, -0.05) is 35.9 Å². The molecule has 0 spiro atoms. The minimum atomic E-state index is -0.793. The van der Waals surface area contributed by atoms with Crippen molar-refractivity contribution in [3.63, 3.8) is 0 Å². The molecule has 0 unspecified atom stereocenters. The molecule has 0 amide bonds. The van der Waals surface area contributed by atoms with Gasteiger partial charge in [0.25, 0.3) is 0 Å². The molecule has 0 aliphatic heterocycles. The Morgan fingerprint density at radius 1 is 1.19 bits per heavy atom. The summed E-state index contributed by atoms with van der Waals surface area (Å²) >= 11 is 6.01. The van der Waals surface area contributed by atoms with Gasteiger partial charge >= 0.3 is 5.97 Å². The van der Waals surface area contributed by atoms with Crippen LogP contribution >= 0.6 is 11.6 Å². The molecule has 0 aliphatic carbocycles. The number of aryl methyl sites for hydroxylation is 1. The Hall–Kier alpha value is -2.00. The molecule has 0 saturated carbocycles. The van der Waals surface area contributed by atoms with Crippen molar-refractivity contribution in [1.29, 1.82) is 0 Å². The van der Waals surface area contributed by atoms with Crippen molar-refractivity contribution in [2.75, 3.05) is 11.4 Å². The van der Waals surface area contributed by atoms with Gasteiger partial charge < -0.3 is 10.0 Å². The third-order valence-corrected chi connectivity index (χ3v) is 3.46. The number of benzene rings is 2. The lowest BCUT2D eigenvalue weighted by molar-refractivity contribution is -0.136. The van der Waals surface area contributed by atoms with E-state index < -0.39 is 5.97 Å². The summed E-state index contributed by atoms with van der Waals surface area (Å²) in [6.45, 7) is 3.13. The lowest BCUT2D eigenvalue weighted by Gasteiger charge is -2.25. The first kappa shape index (κ1) is 15.4. The fraction of sp³-hybridized carbons (Fsp3) is 0.235. The van der Waals surface area contributed by atoms with E-state index in [1.807, 2.05) is 49.4 Å². The molecule has 2 aromatic rings. The van der Waals surface area contributed by atoms with Crippen LogP contribution in [0.1, 0.15) is 17.5 Å². The van der Waals surface area contributed by atoms with E-state index in [0.717, 1.165) is 16.8 Å². The quantitative estimate of drug-likeness (QED) is 0.872. The van der Waals surface area contributed by atoms with Crippen molar-refractivity contribution in [3.05, 3.63) is 64.7 Å². The maximum absolute atomic E-state index is 10.9. The molecule has 0 radical (unpaired) electrons. The predicted octanol–water partition coefficient (Wildman–Crippen LogP) is 4.13. The minimum absolute atomic E-state index is 0.106. The molecular formula is C17H18ClNO2. The summed E-state index contributed by atoms with van der Waals surface area (Å²) in [4.78, 5) is 12.9. The van der Waals surface area contributed by atoms with Crippen LogP contribution in [-0.4, -0.2) is 17.6 Å². The highest BCUT2D eigenvalue weighted by molar-refractivity contribution is 6.30. The Morgan fingerprint density at radius 3 is 2.62 bits per heavy atom. The maximum Gasteiger partial charge on any atom is 0.305 e. The van der Waals surface area contributed by atoms with E-state index in [-0.39, 0.29) is 6.42 Å². The van der Waals surface area contributed by atoms with Gasteiger partial charge in [-0.3, -0.25) is 4.79 Å². The first-order valence-corrected chi connectivity index (χ1v) is 7.20. The molecule has 0 saturated heterocycles. The zero-order valence-corrected chi connectivity index (χ0v) is 12.7. The number of carboxylic acid groups (broad SMARTS) is 1. The van der Waals surface area contributed by atoms with Gasteiger partial charge in [0.05, 0.1) is 6.42 Å². The number of carboxylic acids is 1. The van der Waals surface area contributed by atoms with Gasteiger partial charge in [-0.2, -0.15) is 0 Å². The number of hydrogen-bond acceptors (Lipinski definition) is 2. The highest BCUT2D eigenvalue weighted by Gasteiger charge is 2.10. The summed E-state index contributed by atoms with van der Waals surface area (Å²) in [5.74, 6) is -0.793. The van der Waals surface area contributed by atoms with Crippen LogP contribution in [0.25, 0.3) is 0 Å². The predicted molar refractivity (Wildman–Crippen MR) is 85.9 cm³/mol. The van der Waals surface area contributed by atoms with E-state index in [1.54, 1.807) is 0 Å². The SMILES string of the molecule is Cc1cccc(N(CCC(=O)O)Cc2cccc(Cl)c2)c1. The number of nitrogens with zero attached hydrogens (tertiary/aromatic N) is 1. The normalized spacial score (nSPS) is 10.4. The van der Waals surface area contributed by atoms with Crippen molar-refractivity contribution >= 4 is 23.3 Å². The third-order valence-electron chi connectivity index (χ3n) is 3.22. The molecule has 2 rings (SSSR count). The zero-order chi connectivity index (χ0) is 15.2. The summed E-state index contributed by atoms with van der Waals surface area (Å²) in [5, 5.41) is 9.62. The van der Waals surface area contributed by atoms with E-state index >= 15 is 0 Å². The molecule has 0 aliphatic rings. The van der Waals surface area contributed by atoms with Crippen LogP contribution in [-0.2, 0) is 11.3 Å². The molecular weight excluding hydrogens is 286 g/mol. The van der Waals surface area contributed by atoms with Crippen LogP contribution in [0.3, 0.4) is 0 Å². The third kappa shape index (κ3) is 4.80. The molecule has 21 heavy (non-hydrogen) atoms. The van der Waals surface area contributed by atoms with Crippen LogP contribution < -0.4 is 4.90 Å². The summed E-state index contributed by atoms with van der Waals surface area (Å²) in [6.07, 6.45) is 0.106. The minimum Gasteiger partial charge on any atom is -0.481 e. The lowest BCUT2D eigenvalue weighted by Crippen LogP contribution is -2.25. The molecule has 0 heterocycles. The van der Waals surface area contributed by atoms with E-state index in [4.69, 9.17) is 16.7 Å². The topological polar surface area (TPSA) is 40.5 Å². The van der Waals surface area contributed by atoms with Gasteiger partial charge in [-0.05, 0) is 42.3 Å². The molecule has 0 bridgehead atoms. The highest BCUT2D eigenvalue weighted by Crippen LogP contribution is 2.20. The van der Waals surface area contributed by atoms with Gasteiger partial charge in [0.1, 0.15) is 0 Å². The van der Waals surface area contributed by atoms with Gasteiger partial charge in [0, 0.05) is 23.8 Å². The van der Waals surface area contributed by atoms with Crippen LogP contribution in [0.15, 0.2) is 48.5 Å². The monoisotopic (exact) mass is 303 g/mol. The van der Waals surface area contributed by atoms with Gasteiger partial charge in [-0.15, -0.1) is 0 Å². The molecule has 4 heteroatoms. The fourth-order valence-electron chi connectivity index (χ4n) is 2.21. The Balaban J connectivity index is 2.21. The lowest BCUT2D eigenvalue weighted by atomic mass is 10.1. The standard InChI is InChI=1S/C17H18ClNO2/c1-13-4-2-7-16(10-13)19(9-8-17(20)21)12-14-5-3-6-15(18)11-14/h2-7,10-11H,8-9,12H2,1H3,(H,20,21). The van der Waals surface area contributed by atoms with E-state index in [1.165, 1.54) is 0 Å². The van der Waals surface area contributed by atoms with Crippen molar-refractivity contribution in [2.24, 2.45) is 0 Å². The van der Waals surface area contributed by atoms with Crippen LogP contribution in [0, 0.1) is 6.92 Å². The molecule has 3 nitrogen and oxygen atoms in total. The molecule has 0 atom stereocenters. The van der Waals surface area contributed by atoms with E-state index in [2.05, 4.69) is 11.0 Å².